The first-order chi connectivity index (χ1) is 25.8. The molecule has 2 aromatic heterocycles. The van der Waals surface area contributed by atoms with Crippen molar-refractivity contribution in [2.45, 2.75) is 52.4 Å². The zero-order valence-corrected chi connectivity index (χ0v) is 32.6. The summed E-state index contributed by atoms with van der Waals surface area (Å²) in [6.07, 6.45) is 0. The van der Waals surface area contributed by atoms with E-state index >= 15 is 0 Å². The molecule has 0 aliphatic rings. The maximum absolute atomic E-state index is 11.4. The van der Waals surface area contributed by atoms with Gasteiger partial charge in [0.05, 0.1) is 0 Å². The van der Waals surface area contributed by atoms with E-state index in [1.165, 1.54) is 0 Å². The van der Waals surface area contributed by atoms with Gasteiger partial charge in [-0.1, -0.05) is 114 Å². The second kappa shape index (κ2) is 13.6. The van der Waals surface area contributed by atoms with Crippen LogP contribution in [-0.2, 0) is 10.8 Å². The summed E-state index contributed by atoms with van der Waals surface area (Å²) in [4.78, 5) is 0. The summed E-state index contributed by atoms with van der Waals surface area (Å²) in [5, 5.41) is 26.3. The molecule has 8 nitrogen and oxygen atoms in total. The number of para-hydroxylation sites is 4. The fraction of sp³-hybridized carbons (Fsp3) is 0.182. The van der Waals surface area contributed by atoms with E-state index in [0.29, 0.717) is 56.1 Å². The maximum Gasteiger partial charge on any atom is 0.453 e. The first kappa shape index (κ1) is 35.4. The van der Waals surface area contributed by atoms with Crippen LogP contribution in [0.25, 0.3) is 55.0 Å². The van der Waals surface area contributed by atoms with E-state index in [1.54, 1.807) is 24.3 Å². The molecule has 8 rings (SSSR count). The molecule has 274 valence electrons. The molecular formula is C44H40O8P2. The molecule has 0 fully saturated rings. The van der Waals surface area contributed by atoms with Crippen LogP contribution in [0.15, 0.2) is 138 Å². The predicted molar refractivity (Wildman–Crippen MR) is 217 cm³/mol. The fourth-order valence-corrected chi connectivity index (χ4v) is 8.79. The standard InChI is InChI=1S/C44H40O8P2/c1-43(2,3)35-25-27(45)23-33(41(35)51-53-47-37-19-11-7-15-29(37)30-16-8-12-20-38(30)48-53)34-24-28(46)26-36(44(4,5)6)42(34)52-54-49-39-21-13-9-17-31(39)32-18-10-14-22-40(32)50-54/h7-26,45-46H,1-6H3. The lowest BCUT2D eigenvalue weighted by Gasteiger charge is -2.27. The molecule has 0 amide bonds. The average molecular weight is 759 g/mol. The third kappa shape index (κ3) is 6.80. The minimum Gasteiger partial charge on any atom is -0.508 e. The Kier molecular flexibility index (Phi) is 8.92. The molecule has 6 aromatic carbocycles. The Bertz CT molecular complexity index is 2480. The van der Waals surface area contributed by atoms with Gasteiger partial charge >= 0.3 is 16.5 Å². The first-order valence-electron chi connectivity index (χ1n) is 17.6. The van der Waals surface area contributed by atoms with Crippen LogP contribution < -0.4 is 9.05 Å². The molecule has 0 saturated heterocycles. The van der Waals surface area contributed by atoms with Gasteiger partial charge in [0.25, 0.3) is 0 Å². The van der Waals surface area contributed by atoms with Crippen molar-refractivity contribution in [1.82, 2.24) is 0 Å². The number of fused-ring (bicyclic) bond motifs is 6. The van der Waals surface area contributed by atoms with Crippen molar-refractivity contribution in [3.8, 4) is 34.1 Å². The third-order valence-electron chi connectivity index (χ3n) is 9.21. The van der Waals surface area contributed by atoms with Crippen LogP contribution in [-0.4, -0.2) is 10.2 Å². The van der Waals surface area contributed by atoms with Gasteiger partial charge in [0, 0.05) is 43.8 Å². The summed E-state index contributed by atoms with van der Waals surface area (Å²) < 4.78 is 39.8. The molecule has 0 saturated carbocycles. The van der Waals surface area contributed by atoms with Gasteiger partial charge in [-0.2, -0.15) is 0 Å². The quantitative estimate of drug-likeness (QED) is 0.178. The summed E-state index contributed by atoms with van der Waals surface area (Å²) in [7, 11) is -4.17. The Morgan fingerprint density at radius 2 is 0.704 bits per heavy atom. The number of rotatable bonds is 5. The molecule has 8 aromatic rings. The Hall–Kier alpha value is -5.68. The normalized spacial score (nSPS) is 12.0. The third-order valence-corrected chi connectivity index (χ3v) is 11.3. The smallest absolute Gasteiger partial charge is 0.453 e. The highest BCUT2D eigenvalue weighted by Gasteiger charge is 2.31. The highest BCUT2D eigenvalue weighted by atomic mass is 31.1. The maximum atomic E-state index is 11.4. The molecule has 0 aliphatic carbocycles. The minimum absolute atomic E-state index is 0.00980. The van der Waals surface area contributed by atoms with Crippen LogP contribution in [0.4, 0.5) is 0 Å². The van der Waals surface area contributed by atoms with Crippen LogP contribution in [0.5, 0.6) is 23.0 Å². The number of hydrogen-bond donors (Lipinski definition) is 2. The van der Waals surface area contributed by atoms with Crippen LogP contribution in [0.3, 0.4) is 0 Å². The molecule has 10 heteroatoms. The Balaban J connectivity index is 1.41. The van der Waals surface area contributed by atoms with E-state index in [2.05, 4.69) is 0 Å². The topological polar surface area (TPSA) is 111 Å². The molecule has 0 spiro atoms. The summed E-state index contributed by atoms with van der Waals surface area (Å²) in [5.74, 6) is 0.834. The molecule has 0 unspecified atom stereocenters. The van der Waals surface area contributed by atoms with E-state index in [9.17, 15) is 10.2 Å². The van der Waals surface area contributed by atoms with Crippen molar-refractivity contribution in [2.24, 2.45) is 0 Å². The number of aromatic hydroxyl groups is 2. The number of phenolic OH excluding ortho intramolecular Hbond substituents is 2. The lowest BCUT2D eigenvalue weighted by atomic mass is 9.81. The summed E-state index contributed by atoms with van der Waals surface area (Å²) in [5.41, 5.74) is 3.75. The molecule has 0 bridgehead atoms. The highest BCUT2D eigenvalue weighted by Crippen LogP contribution is 2.53. The Morgan fingerprint density at radius 3 is 0.981 bits per heavy atom. The largest absolute Gasteiger partial charge is 0.508 e. The van der Waals surface area contributed by atoms with Gasteiger partial charge in [0.1, 0.15) is 45.3 Å². The SMILES string of the molecule is CC(C)(C)c1cc(O)cc(-c2cc(O)cc(C(C)(C)C)c2Op2oc3ccccc3c3ccccc3o2)c1Op1oc2ccccc2c2ccccc2o1. The summed E-state index contributed by atoms with van der Waals surface area (Å²) >= 11 is 0. The average Bonchev–Trinajstić information content (AvgIpc) is 3.39. The van der Waals surface area contributed by atoms with Crippen LogP contribution in [0.1, 0.15) is 52.7 Å². The van der Waals surface area contributed by atoms with Crippen molar-refractivity contribution >= 4 is 60.4 Å². The number of hydrogen-bond acceptors (Lipinski definition) is 8. The van der Waals surface area contributed by atoms with Gasteiger partial charge in [0.2, 0.25) is 0 Å². The van der Waals surface area contributed by atoms with E-state index in [-0.39, 0.29) is 11.5 Å². The van der Waals surface area contributed by atoms with E-state index in [1.807, 2.05) is 139 Å². The second-order valence-electron chi connectivity index (χ2n) is 15.2. The van der Waals surface area contributed by atoms with Gasteiger partial charge in [-0.15, -0.1) is 0 Å². The lowest BCUT2D eigenvalue weighted by Crippen LogP contribution is -2.14. The van der Waals surface area contributed by atoms with E-state index < -0.39 is 27.3 Å². The minimum atomic E-state index is -2.08. The predicted octanol–water partition coefficient (Wildman–Crippen LogP) is 14.3. The van der Waals surface area contributed by atoms with E-state index in [4.69, 9.17) is 25.8 Å². The van der Waals surface area contributed by atoms with Crippen LogP contribution >= 0.6 is 16.5 Å². The van der Waals surface area contributed by atoms with Crippen LogP contribution in [0, 0.1) is 0 Å². The monoisotopic (exact) mass is 758 g/mol. The zero-order chi connectivity index (χ0) is 37.8. The molecule has 0 aliphatic heterocycles. The van der Waals surface area contributed by atoms with Crippen molar-refractivity contribution in [1.29, 1.82) is 0 Å². The van der Waals surface area contributed by atoms with Gasteiger partial charge in [0.15, 0.2) is 0 Å². The van der Waals surface area contributed by atoms with Crippen molar-refractivity contribution in [2.75, 3.05) is 0 Å². The molecule has 0 atom stereocenters. The molecule has 2 N–H and O–H groups in total. The van der Waals surface area contributed by atoms with Crippen LogP contribution in [0.2, 0.25) is 0 Å². The van der Waals surface area contributed by atoms with E-state index in [0.717, 1.165) is 21.5 Å². The number of benzene rings is 6. The molecule has 2 heterocycles. The summed E-state index contributed by atoms with van der Waals surface area (Å²) in [6, 6.07) is 37.6. The lowest BCUT2D eigenvalue weighted by molar-refractivity contribution is 0.453. The fourth-order valence-electron chi connectivity index (χ4n) is 6.60. The van der Waals surface area contributed by atoms with Gasteiger partial charge < -0.3 is 36.0 Å². The van der Waals surface area contributed by atoms with Crippen molar-refractivity contribution < 1.29 is 36.0 Å². The van der Waals surface area contributed by atoms with Gasteiger partial charge in [-0.25, -0.2) is 0 Å². The number of phenols is 2. The first-order valence-corrected chi connectivity index (χ1v) is 19.8. The second-order valence-corrected chi connectivity index (χ2v) is 17.2. The van der Waals surface area contributed by atoms with Gasteiger partial charge in [-0.3, -0.25) is 0 Å². The zero-order valence-electron chi connectivity index (χ0n) is 30.8. The molecule has 0 radical (unpaired) electrons. The van der Waals surface area contributed by atoms with Crippen molar-refractivity contribution in [3.05, 3.63) is 132 Å². The molecule has 54 heavy (non-hydrogen) atoms. The highest BCUT2D eigenvalue weighted by molar-refractivity contribution is 7.32. The Labute approximate surface area is 314 Å². The van der Waals surface area contributed by atoms with Crippen molar-refractivity contribution in [3.63, 3.8) is 0 Å². The van der Waals surface area contributed by atoms with Gasteiger partial charge in [-0.05, 0) is 59.4 Å². The molecular weight excluding hydrogens is 718 g/mol. The summed E-state index contributed by atoms with van der Waals surface area (Å²) in [6.45, 7) is 12.2. The Morgan fingerprint density at radius 1 is 0.426 bits per heavy atom.